The smallest absolute Gasteiger partial charge is 0.350 e. The van der Waals surface area contributed by atoms with Crippen molar-refractivity contribution in [3.05, 3.63) is 47.7 Å². The molecule has 2 rings (SSSR count). The van der Waals surface area contributed by atoms with Gasteiger partial charge >= 0.3 is 11.9 Å². The van der Waals surface area contributed by atoms with Gasteiger partial charge in [0.1, 0.15) is 0 Å². The van der Waals surface area contributed by atoms with Crippen LogP contribution in [-0.4, -0.2) is 17.7 Å². The highest BCUT2D eigenvalue weighted by atomic mass is 16.7. The van der Waals surface area contributed by atoms with Crippen molar-refractivity contribution in [1.82, 2.24) is 5.32 Å². The quantitative estimate of drug-likeness (QED) is 0.519. The zero-order chi connectivity index (χ0) is 14.8. The van der Waals surface area contributed by atoms with Crippen molar-refractivity contribution in [2.45, 2.75) is 32.6 Å². The molecule has 1 fully saturated rings. The molecule has 106 valence electrons. The lowest BCUT2D eigenvalue weighted by Crippen LogP contribution is -2.42. The fraction of sp³-hybridized carbons (Fsp3) is 0.333. The number of hydrogen-bond acceptors (Lipinski definition) is 5. The van der Waals surface area contributed by atoms with Gasteiger partial charge in [-0.3, -0.25) is 0 Å². The minimum atomic E-state index is -1.21. The minimum absolute atomic E-state index is 0.0424. The van der Waals surface area contributed by atoms with Gasteiger partial charge in [-0.1, -0.05) is 30.3 Å². The highest BCUT2D eigenvalue weighted by Crippen LogP contribution is 2.22. The lowest BCUT2D eigenvalue weighted by Gasteiger charge is -2.29. The molecule has 1 aromatic carbocycles. The number of hydrogen-bond donors (Lipinski definition) is 1. The molecule has 1 saturated heterocycles. The van der Waals surface area contributed by atoms with Gasteiger partial charge in [-0.15, -0.1) is 0 Å². The van der Waals surface area contributed by atoms with E-state index in [-0.39, 0.29) is 11.6 Å². The fourth-order valence-electron chi connectivity index (χ4n) is 1.82. The summed E-state index contributed by atoms with van der Waals surface area (Å²) < 4.78 is 10.0. The van der Waals surface area contributed by atoms with Gasteiger partial charge in [0, 0.05) is 26.1 Å². The molecule has 20 heavy (non-hydrogen) atoms. The summed E-state index contributed by atoms with van der Waals surface area (Å²) in [4.78, 5) is 23.5. The van der Waals surface area contributed by atoms with E-state index < -0.39 is 17.7 Å². The second-order valence-electron chi connectivity index (χ2n) is 5.04. The largest absolute Gasteiger partial charge is 0.419 e. The summed E-state index contributed by atoms with van der Waals surface area (Å²) in [5.74, 6) is -2.57. The van der Waals surface area contributed by atoms with E-state index in [0.717, 1.165) is 5.56 Å². The lowest BCUT2D eigenvalue weighted by molar-refractivity contribution is -0.222. The molecule has 0 radical (unpaired) electrons. The maximum atomic E-state index is 11.7. The van der Waals surface area contributed by atoms with Crippen LogP contribution in [0.5, 0.6) is 0 Å². The molecule has 0 aliphatic carbocycles. The Hall–Kier alpha value is -2.30. The van der Waals surface area contributed by atoms with Crippen molar-refractivity contribution < 1.29 is 19.1 Å². The number of carbonyl (C=O) groups excluding carboxylic acids is 2. The summed E-state index contributed by atoms with van der Waals surface area (Å²) in [6.07, 6.45) is 1.34. The summed E-state index contributed by atoms with van der Waals surface area (Å²) in [6.45, 7) is 4.95. The lowest BCUT2D eigenvalue weighted by atomic mass is 10.1. The first kappa shape index (κ1) is 14.1. The normalized spacial score (nSPS) is 18.9. The van der Waals surface area contributed by atoms with Gasteiger partial charge in [-0.05, 0) is 12.5 Å². The topological polar surface area (TPSA) is 64.6 Å². The van der Waals surface area contributed by atoms with Crippen LogP contribution in [0.1, 0.15) is 32.4 Å². The molecule has 0 saturated carbocycles. The second-order valence-corrected chi connectivity index (χ2v) is 5.04. The number of cyclic esters (lactones) is 2. The van der Waals surface area contributed by atoms with E-state index >= 15 is 0 Å². The number of ether oxygens (including phenoxy) is 2. The third-order valence-corrected chi connectivity index (χ3v) is 2.89. The molecule has 1 atom stereocenters. The molecule has 0 amide bonds. The van der Waals surface area contributed by atoms with E-state index in [9.17, 15) is 9.59 Å². The molecule has 1 unspecified atom stereocenters. The first-order chi connectivity index (χ1) is 9.39. The molecule has 1 aliphatic heterocycles. The van der Waals surface area contributed by atoms with Crippen LogP contribution < -0.4 is 5.32 Å². The predicted molar refractivity (Wildman–Crippen MR) is 72.3 cm³/mol. The van der Waals surface area contributed by atoms with E-state index in [1.165, 1.54) is 20.0 Å². The highest BCUT2D eigenvalue weighted by molar-refractivity contribution is 6.15. The van der Waals surface area contributed by atoms with Gasteiger partial charge < -0.3 is 14.8 Å². The van der Waals surface area contributed by atoms with Crippen molar-refractivity contribution in [2.24, 2.45) is 0 Å². The number of carbonyl (C=O) groups is 2. The van der Waals surface area contributed by atoms with Crippen LogP contribution in [0, 0.1) is 0 Å². The Morgan fingerprint density at radius 2 is 1.65 bits per heavy atom. The van der Waals surface area contributed by atoms with Crippen LogP contribution in [0.2, 0.25) is 0 Å². The van der Waals surface area contributed by atoms with Crippen molar-refractivity contribution >= 4 is 11.9 Å². The molecule has 1 aromatic rings. The summed E-state index contributed by atoms with van der Waals surface area (Å²) in [7, 11) is 0. The third kappa shape index (κ3) is 3.17. The van der Waals surface area contributed by atoms with E-state index in [1.54, 1.807) is 0 Å². The second kappa shape index (κ2) is 5.36. The van der Waals surface area contributed by atoms with Crippen LogP contribution in [-0.2, 0) is 19.1 Å². The molecule has 1 N–H and O–H groups in total. The Balaban J connectivity index is 2.08. The first-order valence-electron chi connectivity index (χ1n) is 6.37. The average Bonchev–Trinajstić information content (AvgIpc) is 2.37. The fourth-order valence-corrected chi connectivity index (χ4v) is 1.82. The van der Waals surface area contributed by atoms with E-state index in [1.807, 2.05) is 37.3 Å². The van der Waals surface area contributed by atoms with Gasteiger partial charge in [0.25, 0.3) is 5.79 Å². The maximum absolute atomic E-state index is 11.7. The Kier molecular flexibility index (Phi) is 3.79. The van der Waals surface area contributed by atoms with Crippen molar-refractivity contribution in [1.29, 1.82) is 0 Å². The van der Waals surface area contributed by atoms with Crippen LogP contribution in [0.4, 0.5) is 0 Å². The van der Waals surface area contributed by atoms with Crippen LogP contribution in [0.3, 0.4) is 0 Å². The van der Waals surface area contributed by atoms with E-state index in [2.05, 4.69) is 5.32 Å². The molecule has 0 spiro atoms. The molecule has 1 heterocycles. The number of nitrogens with one attached hydrogen (secondary N) is 1. The Bertz CT molecular complexity index is 526. The van der Waals surface area contributed by atoms with Gasteiger partial charge in [-0.2, -0.15) is 0 Å². The molecule has 0 bridgehead atoms. The number of rotatable bonds is 3. The molecule has 0 aromatic heterocycles. The number of esters is 2. The van der Waals surface area contributed by atoms with Crippen LogP contribution in [0.15, 0.2) is 42.1 Å². The average molecular weight is 275 g/mol. The predicted octanol–water partition coefficient (Wildman–Crippen LogP) is 2.06. The Morgan fingerprint density at radius 1 is 1.10 bits per heavy atom. The first-order valence-corrected chi connectivity index (χ1v) is 6.37. The molecule has 5 heteroatoms. The van der Waals surface area contributed by atoms with E-state index in [0.29, 0.717) is 0 Å². The van der Waals surface area contributed by atoms with Crippen molar-refractivity contribution in [2.75, 3.05) is 0 Å². The van der Waals surface area contributed by atoms with Gasteiger partial charge in [0.05, 0.1) is 0 Å². The van der Waals surface area contributed by atoms with E-state index in [4.69, 9.17) is 9.47 Å². The molecule has 5 nitrogen and oxygen atoms in total. The highest BCUT2D eigenvalue weighted by Gasteiger charge is 2.38. The molecule has 1 aliphatic rings. The van der Waals surface area contributed by atoms with Gasteiger partial charge in [0.15, 0.2) is 5.57 Å². The number of benzene rings is 1. The summed E-state index contributed by atoms with van der Waals surface area (Å²) >= 11 is 0. The summed E-state index contributed by atoms with van der Waals surface area (Å²) in [5, 5.41) is 2.99. The standard InChI is InChI=1S/C15H17NO4/c1-10(11-7-5-4-6-8-11)16-9-12-13(17)19-15(2,3)20-14(12)18/h4-10,16H,1-3H3. The van der Waals surface area contributed by atoms with Crippen molar-refractivity contribution in [3.63, 3.8) is 0 Å². The van der Waals surface area contributed by atoms with Crippen molar-refractivity contribution in [3.8, 4) is 0 Å². The Labute approximate surface area is 117 Å². The monoisotopic (exact) mass is 275 g/mol. The summed E-state index contributed by atoms with van der Waals surface area (Å²) in [6, 6.07) is 9.64. The minimum Gasteiger partial charge on any atom is -0.419 e. The van der Waals surface area contributed by atoms with Gasteiger partial charge in [-0.25, -0.2) is 9.59 Å². The zero-order valence-electron chi connectivity index (χ0n) is 11.7. The third-order valence-electron chi connectivity index (χ3n) is 2.89. The summed E-state index contributed by atoms with van der Waals surface area (Å²) in [5.41, 5.74) is 0.911. The van der Waals surface area contributed by atoms with Crippen LogP contribution in [0.25, 0.3) is 0 Å². The van der Waals surface area contributed by atoms with Gasteiger partial charge in [0.2, 0.25) is 0 Å². The molecular formula is C15H17NO4. The van der Waals surface area contributed by atoms with Crippen LogP contribution >= 0.6 is 0 Å². The zero-order valence-corrected chi connectivity index (χ0v) is 11.7. The Morgan fingerprint density at radius 3 is 2.20 bits per heavy atom. The maximum Gasteiger partial charge on any atom is 0.350 e. The molecular weight excluding hydrogens is 258 g/mol. The SMILES string of the molecule is CC(NC=C1C(=O)OC(C)(C)OC1=O)c1ccccc1.